The topological polar surface area (TPSA) is 81.8 Å². The highest BCUT2D eigenvalue weighted by atomic mass is 16.7. The van der Waals surface area contributed by atoms with E-state index < -0.39 is 5.41 Å². The van der Waals surface area contributed by atoms with Crippen LogP contribution in [-0.2, 0) is 16.6 Å². The summed E-state index contributed by atoms with van der Waals surface area (Å²) >= 11 is 0. The summed E-state index contributed by atoms with van der Waals surface area (Å²) in [6.45, 7) is 2.77. The maximum Gasteiger partial charge on any atom is 0.231 e. The van der Waals surface area contributed by atoms with Crippen LogP contribution in [0.3, 0.4) is 0 Å². The van der Waals surface area contributed by atoms with Crippen molar-refractivity contribution in [1.29, 1.82) is 0 Å². The van der Waals surface area contributed by atoms with Gasteiger partial charge in [-0.2, -0.15) is 5.11 Å². The summed E-state index contributed by atoms with van der Waals surface area (Å²) in [7, 11) is 1.67. The molecular weight excluding hydrogens is 442 g/mol. The molecule has 0 amide bonds. The highest BCUT2D eigenvalue weighted by molar-refractivity contribution is 6.04. The fourth-order valence-electron chi connectivity index (χ4n) is 4.93. The van der Waals surface area contributed by atoms with Crippen molar-refractivity contribution in [2.75, 3.05) is 20.4 Å². The molecule has 1 aliphatic carbocycles. The first kappa shape index (κ1) is 21.5. The Kier molecular flexibility index (Phi) is 5.13. The van der Waals surface area contributed by atoms with Gasteiger partial charge in [0.05, 0.1) is 18.2 Å². The molecule has 2 aliphatic heterocycles. The zero-order valence-electron chi connectivity index (χ0n) is 19.7. The van der Waals surface area contributed by atoms with Crippen molar-refractivity contribution >= 4 is 11.5 Å². The monoisotopic (exact) mass is 467 g/mol. The fourth-order valence-corrected chi connectivity index (χ4v) is 4.93. The van der Waals surface area contributed by atoms with Crippen LogP contribution >= 0.6 is 0 Å². The van der Waals surface area contributed by atoms with E-state index in [0.29, 0.717) is 13.0 Å². The first-order chi connectivity index (χ1) is 17.1. The molecule has 1 saturated carbocycles. The molecule has 7 nitrogen and oxygen atoms in total. The van der Waals surface area contributed by atoms with Gasteiger partial charge in [-0.1, -0.05) is 24.3 Å². The van der Waals surface area contributed by atoms with Gasteiger partial charge in [0.2, 0.25) is 6.79 Å². The number of aryl methyl sites for hydroxylation is 1. The van der Waals surface area contributed by atoms with E-state index in [1.54, 1.807) is 7.11 Å². The van der Waals surface area contributed by atoms with Gasteiger partial charge in [0, 0.05) is 17.5 Å². The summed E-state index contributed by atoms with van der Waals surface area (Å²) in [6.07, 6.45) is 2.09. The zero-order valence-corrected chi connectivity index (χ0v) is 19.7. The molecule has 0 unspecified atom stereocenters. The molecule has 35 heavy (non-hydrogen) atoms. The number of carbonyl (C=O) groups excluding carboxylic acids is 1. The van der Waals surface area contributed by atoms with E-state index in [4.69, 9.17) is 14.2 Å². The third-order valence-corrected chi connectivity index (χ3v) is 7.15. The Morgan fingerprint density at radius 3 is 2.63 bits per heavy atom. The van der Waals surface area contributed by atoms with E-state index >= 15 is 0 Å². The number of hydrogen-bond acceptors (Lipinski definition) is 7. The number of nitrogens with zero attached hydrogens (tertiary/aromatic N) is 3. The van der Waals surface area contributed by atoms with Gasteiger partial charge < -0.3 is 14.2 Å². The molecule has 7 heteroatoms. The first-order valence-corrected chi connectivity index (χ1v) is 11.7. The number of ether oxygens (including phenoxy) is 3. The zero-order chi connectivity index (χ0) is 24.0. The highest BCUT2D eigenvalue weighted by Crippen LogP contribution is 2.51. The molecule has 1 fully saturated rings. The molecule has 0 aromatic heterocycles. The number of carbonyl (C=O) groups is 1. The highest BCUT2D eigenvalue weighted by Gasteiger charge is 2.50. The van der Waals surface area contributed by atoms with Crippen molar-refractivity contribution < 1.29 is 19.0 Å². The van der Waals surface area contributed by atoms with Crippen LogP contribution in [0.2, 0.25) is 0 Å². The van der Waals surface area contributed by atoms with Crippen LogP contribution < -0.4 is 14.2 Å². The lowest BCUT2D eigenvalue weighted by atomic mass is 9.86. The predicted octanol–water partition coefficient (Wildman–Crippen LogP) is 5.41. The van der Waals surface area contributed by atoms with Crippen molar-refractivity contribution in [1.82, 2.24) is 0 Å². The van der Waals surface area contributed by atoms with Crippen LogP contribution in [0.1, 0.15) is 35.1 Å². The quantitative estimate of drug-likeness (QED) is 0.465. The number of hydrogen-bond donors (Lipinski definition) is 0. The molecule has 3 aromatic rings. The van der Waals surface area contributed by atoms with Gasteiger partial charge in [-0.3, -0.25) is 4.79 Å². The van der Waals surface area contributed by atoms with Crippen LogP contribution in [0.15, 0.2) is 70.0 Å². The Labute approximate surface area is 203 Å². The number of Topliss-reactive ketones (excluding diaryl/α,β-unsaturated/α-hetero) is 1. The molecule has 3 aliphatic rings. The molecular formula is C28H25N3O4. The minimum Gasteiger partial charge on any atom is -0.496 e. The molecule has 0 N–H and O–H groups in total. The molecule has 0 saturated heterocycles. The maximum absolute atomic E-state index is 13.5. The van der Waals surface area contributed by atoms with E-state index in [1.807, 2.05) is 36.4 Å². The lowest BCUT2D eigenvalue weighted by molar-refractivity contribution is -0.120. The Bertz CT molecular complexity index is 1410. The van der Waals surface area contributed by atoms with Crippen LogP contribution in [0, 0.1) is 6.92 Å². The summed E-state index contributed by atoms with van der Waals surface area (Å²) in [5.74, 6) is 2.46. The summed E-state index contributed by atoms with van der Waals surface area (Å²) < 4.78 is 16.7. The number of methoxy groups -OCH3 is 1. The van der Waals surface area contributed by atoms with Gasteiger partial charge in [0.25, 0.3) is 0 Å². The normalized spacial score (nSPS) is 16.8. The van der Waals surface area contributed by atoms with E-state index in [9.17, 15) is 4.79 Å². The van der Waals surface area contributed by atoms with Crippen molar-refractivity contribution in [2.45, 2.75) is 31.6 Å². The lowest BCUT2D eigenvalue weighted by Gasteiger charge is -2.17. The lowest BCUT2D eigenvalue weighted by Crippen LogP contribution is -2.22. The molecule has 0 radical (unpaired) electrons. The van der Waals surface area contributed by atoms with Crippen molar-refractivity contribution in [2.24, 2.45) is 15.4 Å². The average molecular weight is 468 g/mol. The molecule has 0 bridgehead atoms. The maximum atomic E-state index is 13.5. The third-order valence-electron chi connectivity index (χ3n) is 7.15. The SMILES string of the molecule is COc1ccc(C2=NN=NC2)cc1-c1cc(CC(=O)C2(c3ccc4c(c3)OCO4)CC2)ccc1C. The first-order valence-electron chi connectivity index (χ1n) is 11.7. The number of benzene rings is 3. The van der Waals surface area contributed by atoms with Gasteiger partial charge >= 0.3 is 0 Å². The number of ketones is 1. The second kappa shape index (κ2) is 8.34. The summed E-state index contributed by atoms with van der Waals surface area (Å²) in [5.41, 5.74) is 6.47. The molecule has 3 aromatic carbocycles. The van der Waals surface area contributed by atoms with Crippen LogP contribution in [0.4, 0.5) is 0 Å². The van der Waals surface area contributed by atoms with E-state index in [1.165, 1.54) is 0 Å². The molecule has 0 atom stereocenters. The van der Waals surface area contributed by atoms with Gasteiger partial charge in [0.15, 0.2) is 11.5 Å². The Hall–Kier alpha value is -4.00. The third kappa shape index (κ3) is 3.77. The van der Waals surface area contributed by atoms with Crippen LogP contribution in [0.25, 0.3) is 11.1 Å². The van der Waals surface area contributed by atoms with E-state index in [-0.39, 0.29) is 12.6 Å². The Morgan fingerprint density at radius 2 is 1.86 bits per heavy atom. The van der Waals surface area contributed by atoms with Crippen molar-refractivity contribution in [3.63, 3.8) is 0 Å². The molecule has 176 valence electrons. The standard InChI is InChI=1S/C28H25N3O4/c1-17-3-4-18(11-21(17)22-13-19(5-7-24(22)33-2)23-15-29-31-30-23)12-27(32)28(9-10-28)20-6-8-25-26(14-20)35-16-34-25/h3-8,11,13-14H,9-10,12,15-16H2,1-2H3. The van der Waals surface area contributed by atoms with Crippen molar-refractivity contribution in [3.05, 3.63) is 76.9 Å². The largest absolute Gasteiger partial charge is 0.496 e. The number of fused-ring (bicyclic) bond motifs is 1. The minimum absolute atomic E-state index is 0.230. The molecule has 0 spiro atoms. The van der Waals surface area contributed by atoms with Gasteiger partial charge in [-0.05, 0) is 77.6 Å². The summed E-state index contributed by atoms with van der Waals surface area (Å²) in [6, 6.07) is 18.1. The Balaban J connectivity index is 1.30. The van der Waals surface area contributed by atoms with Crippen molar-refractivity contribution in [3.8, 4) is 28.4 Å². The molecule has 6 rings (SSSR count). The molecule has 2 heterocycles. The van der Waals surface area contributed by atoms with Crippen LogP contribution in [0.5, 0.6) is 17.2 Å². The summed E-state index contributed by atoms with van der Waals surface area (Å²) in [5, 5.41) is 11.8. The van der Waals surface area contributed by atoms with Gasteiger partial charge in [0.1, 0.15) is 18.1 Å². The summed E-state index contributed by atoms with van der Waals surface area (Å²) in [4.78, 5) is 13.5. The van der Waals surface area contributed by atoms with E-state index in [0.717, 1.165) is 69.2 Å². The van der Waals surface area contributed by atoms with Gasteiger partial charge in [-0.25, -0.2) is 0 Å². The minimum atomic E-state index is -0.433. The van der Waals surface area contributed by atoms with Crippen LogP contribution in [-0.4, -0.2) is 31.9 Å². The number of rotatable bonds is 7. The second-order valence-electron chi connectivity index (χ2n) is 9.25. The average Bonchev–Trinajstić information content (AvgIpc) is 3.27. The van der Waals surface area contributed by atoms with E-state index in [2.05, 4.69) is 40.6 Å². The Morgan fingerprint density at radius 1 is 1.00 bits per heavy atom. The second-order valence-corrected chi connectivity index (χ2v) is 9.25. The fraction of sp³-hybridized carbons (Fsp3) is 0.286. The van der Waals surface area contributed by atoms with Gasteiger partial charge in [-0.15, -0.1) is 5.10 Å². The predicted molar refractivity (Wildman–Crippen MR) is 132 cm³/mol. The smallest absolute Gasteiger partial charge is 0.231 e.